The van der Waals surface area contributed by atoms with Crippen molar-refractivity contribution in [1.29, 1.82) is 0 Å². The lowest BCUT2D eigenvalue weighted by Gasteiger charge is -2.31. The normalized spacial score (nSPS) is 13.4. The fraction of sp³-hybridized carbons (Fsp3) is 0.111. The standard InChI is InChI=1S/C45H34N2O2/c1-44(2,3)30-24-28(34-27-41-35(26-39(34)48)33-15-6-9-19-40(33)49-41)23-29(25-30)38-18-12-21-43(47-38)45(42-20-10-11-22-46-42)36-16-7-4-13-31(36)32-14-5-8-17-37(32)45/h4-27,48H,1-3H3. The SMILES string of the molecule is CC(C)(C)c1cc(-c2cccc(C3(c4ccccn4)c4ccccc4-c4ccccc43)n2)cc(-c2cc3oc4ccccc4c3cc2O)c1. The van der Waals surface area contributed by atoms with Crippen LogP contribution in [0, 0.1) is 0 Å². The number of aromatic hydroxyl groups is 1. The van der Waals surface area contributed by atoms with E-state index < -0.39 is 5.41 Å². The number of nitrogens with zero attached hydrogens (tertiary/aromatic N) is 2. The Labute approximate surface area is 285 Å². The van der Waals surface area contributed by atoms with Crippen LogP contribution in [0.15, 0.2) is 150 Å². The molecule has 8 aromatic rings. The van der Waals surface area contributed by atoms with E-state index in [2.05, 4.69) is 118 Å². The molecule has 1 aliphatic carbocycles. The van der Waals surface area contributed by atoms with Gasteiger partial charge in [-0.25, -0.2) is 0 Å². The molecule has 1 aliphatic rings. The Morgan fingerprint density at radius 2 is 1.24 bits per heavy atom. The number of hydrogen-bond acceptors (Lipinski definition) is 4. The zero-order chi connectivity index (χ0) is 33.3. The monoisotopic (exact) mass is 634 g/mol. The number of aromatic nitrogens is 2. The van der Waals surface area contributed by atoms with Crippen LogP contribution in [-0.2, 0) is 10.8 Å². The first-order chi connectivity index (χ1) is 23.8. The third-order valence-electron chi connectivity index (χ3n) is 10.0. The van der Waals surface area contributed by atoms with Gasteiger partial charge in [0.15, 0.2) is 0 Å². The van der Waals surface area contributed by atoms with Crippen LogP contribution in [0.4, 0.5) is 0 Å². The Hall–Kier alpha value is -6.00. The highest BCUT2D eigenvalue weighted by Crippen LogP contribution is 2.55. The number of benzene rings is 5. The predicted molar refractivity (Wildman–Crippen MR) is 198 cm³/mol. The van der Waals surface area contributed by atoms with Gasteiger partial charge in [-0.3, -0.25) is 9.97 Å². The number of pyridine rings is 2. The number of rotatable bonds is 4. The van der Waals surface area contributed by atoms with E-state index in [1.807, 2.05) is 48.7 Å². The summed E-state index contributed by atoms with van der Waals surface area (Å²) in [6.07, 6.45) is 1.87. The van der Waals surface area contributed by atoms with Gasteiger partial charge in [0.1, 0.15) is 22.3 Å². The smallest absolute Gasteiger partial charge is 0.136 e. The van der Waals surface area contributed by atoms with Gasteiger partial charge in [-0.1, -0.05) is 106 Å². The fourth-order valence-corrected chi connectivity index (χ4v) is 7.66. The highest BCUT2D eigenvalue weighted by atomic mass is 16.3. The molecule has 236 valence electrons. The summed E-state index contributed by atoms with van der Waals surface area (Å²) in [6, 6.07) is 48.0. The van der Waals surface area contributed by atoms with Crippen LogP contribution in [0.25, 0.3) is 55.4 Å². The van der Waals surface area contributed by atoms with Crippen LogP contribution in [0.3, 0.4) is 0 Å². The summed E-state index contributed by atoms with van der Waals surface area (Å²) < 4.78 is 6.24. The number of fused-ring (bicyclic) bond motifs is 6. The molecule has 0 amide bonds. The third-order valence-corrected chi connectivity index (χ3v) is 10.0. The molecule has 1 N–H and O–H groups in total. The van der Waals surface area contributed by atoms with Crippen molar-refractivity contribution in [2.45, 2.75) is 31.6 Å². The predicted octanol–water partition coefficient (Wildman–Crippen LogP) is 11.1. The van der Waals surface area contributed by atoms with Crippen LogP contribution in [0.2, 0.25) is 0 Å². The van der Waals surface area contributed by atoms with Gasteiger partial charge in [-0.2, -0.15) is 0 Å². The van der Waals surface area contributed by atoms with E-state index in [9.17, 15) is 5.11 Å². The number of furan rings is 1. The van der Waals surface area contributed by atoms with Crippen molar-refractivity contribution in [2.75, 3.05) is 0 Å². The second kappa shape index (κ2) is 10.8. The van der Waals surface area contributed by atoms with Gasteiger partial charge in [0, 0.05) is 28.1 Å². The third kappa shape index (κ3) is 4.44. The molecule has 49 heavy (non-hydrogen) atoms. The lowest BCUT2D eigenvalue weighted by molar-refractivity contribution is 0.478. The lowest BCUT2D eigenvalue weighted by atomic mass is 9.72. The Bertz CT molecular complexity index is 2510. The van der Waals surface area contributed by atoms with Crippen LogP contribution in [-0.4, -0.2) is 15.1 Å². The summed E-state index contributed by atoms with van der Waals surface area (Å²) in [5.41, 5.74) is 11.9. The van der Waals surface area contributed by atoms with E-state index in [1.165, 1.54) is 22.3 Å². The molecule has 9 rings (SSSR count). The van der Waals surface area contributed by atoms with Gasteiger partial charge in [0.2, 0.25) is 0 Å². The van der Waals surface area contributed by atoms with E-state index in [1.54, 1.807) is 0 Å². The molecule has 0 atom stereocenters. The van der Waals surface area contributed by atoms with Crippen LogP contribution < -0.4 is 0 Å². The Morgan fingerprint density at radius 3 is 1.98 bits per heavy atom. The first kappa shape index (κ1) is 29.2. The molecule has 3 aromatic heterocycles. The van der Waals surface area contributed by atoms with Crippen LogP contribution in [0.5, 0.6) is 5.75 Å². The van der Waals surface area contributed by atoms with Gasteiger partial charge in [-0.15, -0.1) is 0 Å². The number of phenolic OH excluding ortho intramolecular Hbond substituents is 1. The largest absolute Gasteiger partial charge is 0.507 e. The van der Waals surface area contributed by atoms with Gasteiger partial charge >= 0.3 is 0 Å². The van der Waals surface area contributed by atoms with Crippen molar-refractivity contribution in [3.8, 4) is 39.3 Å². The van der Waals surface area contributed by atoms with E-state index in [4.69, 9.17) is 14.4 Å². The molecule has 0 radical (unpaired) electrons. The molecule has 0 saturated carbocycles. The van der Waals surface area contributed by atoms with E-state index in [0.29, 0.717) is 0 Å². The van der Waals surface area contributed by atoms with Crippen molar-refractivity contribution in [3.63, 3.8) is 0 Å². The quantitative estimate of drug-likeness (QED) is 0.209. The average molecular weight is 635 g/mol. The molecular weight excluding hydrogens is 601 g/mol. The van der Waals surface area contributed by atoms with Crippen molar-refractivity contribution in [3.05, 3.63) is 174 Å². The minimum absolute atomic E-state index is 0.153. The summed E-state index contributed by atoms with van der Waals surface area (Å²) >= 11 is 0. The minimum atomic E-state index is -0.695. The Morgan fingerprint density at radius 1 is 0.571 bits per heavy atom. The molecule has 3 heterocycles. The number of para-hydroxylation sites is 1. The Kier molecular flexibility index (Phi) is 6.40. The molecule has 5 aromatic carbocycles. The van der Waals surface area contributed by atoms with Gasteiger partial charge in [-0.05, 0) is 93.4 Å². The molecule has 0 bridgehead atoms. The first-order valence-corrected chi connectivity index (χ1v) is 16.7. The molecule has 4 heteroatoms. The zero-order valence-electron chi connectivity index (χ0n) is 27.6. The van der Waals surface area contributed by atoms with Gasteiger partial charge in [0.25, 0.3) is 0 Å². The van der Waals surface area contributed by atoms with Crippen molar-refractivity contribution in [1.82, 2.24) is 9.97 Å². The van der Waals surface area contributed by atoms with Crippen molar-refractivity contribution < 1.29 is 9.52 Å². The number of hydrogen-bond donors (Lipinski definition) is 1. The summed E-state index contributed by atoms with van der Waals surface area (Å²) in [6.45, 7) is 6.64. The molecule has 0 unspecified atom stereocenters. The molecule has 0 fully saturated rings. The van der Waals surface area contributed by atoms with E-state index >= 15 is 0 Å². The number of phenols is 1. The highest BCUT2D eigenvalue weighted by Gasteiger charge is 2.48. The fourth-order valence-electron chi connectivity index (χ4n) is 7.66. The zero-order valence-corrected chi connectivity index (χ0v) is 27.6. The topological polar surface area (TPSA) is 59.2 Å². The Balaban J connectivity index is 1.27. The second-order valence-electron chi connectivity index (χ2n) is 14.0. The highest BCUT2D eigenvalue weighted by molar-refractivity contribution is 6.07. The molecular formula is C45H34N2O2. The summed E-state index contributed by atoms with van der Waals surface area (Å²) in [5, 5.41) is 13.4. The second-order valence-corrected chi connectivity index (χ2v) is 14.0. The van der Waals surface area contributed by atoms with Crippen molar-refractivity contribution in [2.24, 2.45) is 0 Å². The molecule has 0 saturated heterocycles. The summed E-state index contributed by atoms with van der Waals surface area (Å²) in [4.78, 5) is 10.5. The molecule has 0 aliphatic heterocycles. The maximum Gasteiger partial charge on any atom is 0.136 e. The lowest BCUT2D eigenvalue weighted by Crippen LogP contribution is -2.31. The molecule has 4 nitrogen and oxygen atoms in total. The van der Waals surface area contributed by atoms with Crippen molar-refractivity contribution >= 4 is 21.9 Å². The maximum atomic E-state index is 11.5. The molecule has 0 spiro atoms. The summed E-state index contributed by atoms with van der Waals surface area (Å²) in [5.74, 6) is 0.214. The summed E-state index contributed by atoms with van der Waals surface area (Å²) in [7, 11) is 0. The maximum absolute atomic E-state index is 11.5. The van der Waals surface area contributed by atoms with Crippen LogP contribution in [0.1, 0.15) is 48.8 Å². The first-order valence-electron chi connectivity index (χ1n) is 16.7. The van der Waals surface area contributed by atoms with Crippen LogP contribution >= 0.6 is 0 Å². The van der Waals surface area contributed by atoms with Gasteiger partial charge < -0.3 is 9.52 Å². The van der Waals surface area contributed by atoms with E-state index in [-0.39, 0.29) is 11.2 Å². The minimum Gasteiger partial charge on any atom is -0.507 e. The average Bonchev–Trinajstić information content (AvgIpc) is 3.64. The van der Waals surface area contributed by atoms with E-state index in [0.717, 1.165) is 61.3 Å². The van der Waals surface area contributed by atoms with Gasteiger partial charge in [0.05, 0.1) is 17.1 Å².